The maximum Gasteiger partial charge on any atom is 0.223 e. The Kier molecular flexibility index (Phi) is 6.45. The van der Waals surface area contributed by atoms with Crippen molar-refractivity contribution in [3.63, 3.8) is 0 Å². The van der Waals surface area contributed by atoms with Gasteiger partial charge in [0.05, 0.1) is 21.2 Å². The minimum Gasteiger partial charge on any atom is -0.383 e. The van der Waals surface area contributed by atoms with Crippen LogP contribution in [0.3, 0.4) is 0 Å². The van der Waals surface area contributed by atoms with Gasteiger partial charge in [-0.1, -0.05) is 48.3 Å². The molecule has 1 saturated heterocycles. The van der Waals surface area contributed by atoms with Crippen molar-refractivity contribution < 1.29 is 9.53 Å². The molecule has 7 heteroatoms. The Hall–Kier alpha value is -2.34. The number of nitrogens with one attached hydrogen (secondary N) is 1. The van der Waals surface area contributed by atoms with E-state index in [1.807, 2.05) is 43.3 Å². The number of aromatic nitrogens is 1. The zero-order valence-electron chi connectivity index (χ0n) is 19.2. The van der Waals surface area contributed by atoms with Crippen LogP contribution in [0.4, 0.5) is 5.82 Å². The van der Waals surface area contributed by atoms with Gasteiger partial charge in [-0.25, -0.2) is 4.98 Å². The van der Waals surface area contributed by atoms with Crippen molar-refractivity contribution in [2.75, 3.05) is 12.3 Å². The van der Waals surface area contributed by atoms with Gasteiger partial charge in [0.25, 0.3) is 0 Å². The third kappa shape index (κ3) is 4.61. The minimum atomic E-state index is -0.215. The molecular weight excluding hydrogens is 469 g/mol. The molecule has 2 aromatic carbocycles. The Morgan fingerprint density at radius 3 is 2.85 bits per heavy atom. The number of hydrogen-bond donors (Lipinski definition) is 2. The number of anilines is 1. The predicted octanol–water partition coefficient (Wildman–Crippen LogP) is 6.19. The number of carbonyl (C=O) groups excluding carboxylic acids is 1. The summed E-state index contributed by atoms with van der Waals surface area (Å²) in [6.07, 6.45) is 5.75. The maximum atomic E-state index is 13.0. The summed E-state index contributed by atoms with van der Waals surface area (Å²) in [5.74, 6) is 0.299. The summed E-state index contributed by atoms with van der Waals surface area (Å²) < 4.78 is 5.99. The van der Waals surface area contributed by atoms with Crippen LogP contribution in [0.5, 0.6) is 0 Å². The van der Waals surface area contributed by atoms with Crippen molar-refractivity contribution in [3.8, 4) is 11.1 Å². The molecule has 2 atom stereocenters. The summed E-state index contributed by atoms with van der Waals surface area (Å²) in [5, 5.41) is 5.24. The van der Waals surface area contributed by atoms with Gasteiger partial charge in [-0.3, -0.25) is 4.79 Å². The molecule has 0 bridgehead atoms. The molecule has 34 heavy (non-hydrogen) atoms. The maximum absolute atomic E-state index is 13.0. The molecule has 5 rings (SSSR count). The molecule has 178 valence electrons. The third-order valence-corrected chi connectivity index (χ3v) is 8.09. The predicted molar refractivity (Wildman–Crippen MR) is 138 cm³/mol. The number of halogens is 2. The third-order valence-electron chi connectivity index (χ3n) is 7.27. The van der Waals surface area contributed by atoms with Gasteiger partial charge in [-0.2, -0.15) is 0 Å². The summed E-state index contributed by atoms with van der Waals surface area (Å²) in [7, 11) is 0. The Balaban J connectivity index is 1.33. The second-order valence-corrected chi connectivity index (χ2v) is 10.5. The highest BCUT2D eigenvalue weighted by Crippen LogP contribution is 2.42. The van der Waals surface area contributed by atoms with Crippen LogP contribution < -0.4 is 11.1 Å². The molecule has 5 nitrogen and oxygen atoms in total. The molecule has 3 aromatic rings. The molecule has 1 saturated carbocycles. The van der Waals surface area contributed by atoms with Gasteiger partial charge in [-0.05, 0) is 73.9 Å². The number of rotatable bonds is 5. The van der Waals surface area contributed by atoms with E-state index in [4.69, 9.17) is 33.7 Å². The molecule has 1 spiro atoms. The van der Waals surface area contributed by atoms with Crippen LogP contribution in [-0.4, -0.2) is 29.1 Å². The first-order valence-electron chi connectivity index (χ1n) is 11.9. The molecular formula is C27H29Cl2N3O2. The zero-order valence-corrected chi connectivity index (χ0v) is 20.8. The van der Waals surface area contributed by atoms with Gasteiger partial charge in [0.2, 0.25) is 5.91 Å². The molecule has 2 aliphatic rings. The summed E-state index contributed by atoms with van der Waals surface area (Å²) in [6.45, 7) is 2.67. The zero-order chi connectivity index (χ0) is 23.9. The molecule has 2 fully saturated rings. The Morgan fingerprint density at radius 2 is 2.09 bits per heavy atom. The highest BCUT2D eigenvalue weighted by Gasteiger charge is 2.43. The highest BCUT2D eigenvalue weighted by molar-refractivity contribution is 6.43. The van der Waals surface area contributed by atoms with Crippen LogP contribution in [0.2, 0.25) is 10.0 Å². The van der Waals surface area contributed by atoms with Crippen molar-refractivity contribution in [3.05, 3.63) is 58.1 Å². The van der Waals surface area contributed by atoms with E-state index in [-0.39, 0.29) is 23.5 Å². The molecule has 1 amide bonds. The van der Waals surface area contributed by atoms with Gasteiger partial charge in [0.15, 0.2) is 0 Å². The topological polar surface area (TPSA) is 77.2 Å². The van der Waals surface area contributed by atoms with Crippen LogP contribution in [-0.2, 0) is 16.0 Å². The number of hydrogen-bond acceptors (Lipinski definition) is 4. The lowest BCUT2D eigenvalue weighted by molar-refractivity contribution is -0.142. The lowest BCUT2D eigenvalue weighted by atomic mass is 9.74. The van der Waals surface area contributed by atoms with E-state index in [0.717, 1.165) is 59.9 Å². The number of pyridine rings is 1. The van der Waals surface area contributed by atoms with Crippen LogP contribution in [0.1, 0.15) is 44.6 Å². The van der Waals surface area contributed by atoms with E-state index < -0.39 is 0 Å². The van der Waals surface area contributed by atoms with Crippen LogP contribution in [0, 0.1) is 5.92 Å². The van der Waals surface area contributed by atoms with Crippen molar-refractivity contribution in [1.82, 2.24) is 10.3 Å². The summed E-state index contributed by atoms with van der Waals surface area (Å²) in [4.78, 5) is 17.6. The van der Waals surface area contributed by atoms with Gasteiger partial charge in [0, 0.05) is 29.5 Å². The Labute approximate surface area is 210 Å². The van der Waals surface area contributed by atoms with Crippen molar-refractivity contribution in [2.45, 2.75) is 57.1 Å². The number of fused-ring (bicyclic) bond motifs is 1. The van der Waals surface area contributed by atoms with E-state index in [1.54, 1.807) is 6.07 Å². The average Bonchev–Trinajstić information content (AvgIpc) is 2.80. The minimum absolute atomic E-state index is 0.00964. The Bertz CT molecular complexity index is 1240. The SMILES string of the molecule is CC(Cc1cc2cc(-c3cccc(Cl)c3Cl)ccc2nc1N)C(=O)NC1CCOC2(CCC2)C1. The van der Waals surface area contributed by atoms with Gasteiger partial charge >= 0.3 is 0 Å². The standard InChI is InChI=1S/C27H29Cl2N3O2/c1-16(26(33)31-20-8-11-34-27(15-20)9-3-10-27)12-19-14-18-13-17(6-7-23(18)32-25(19)30)21-4-2-5-22(28)24(21)29/h2,4-7,13-14,16,20H,3,8-12,15H2,1H3,(H2,30,32)(H,31,33). The first kappa shape index (κ1) is 23.4. The quantitative estimate of drug-likeness (QED) is 0.440. The summed E-state index contributed by atoms with van der Waals surface area (Å²) in [5.41, 5.74) is 9.77. The largest absolute Gasteiger partial charge is 0.383 e. The van der Waals surface area contributed by atoms with Crippen molar-refractivity contribution in [2.24, 2.45) is 5.92 Å². The Morgan fingerprint density at radius 1 is 1.26 bits per heavy atom. The molecule has 1 aliphatic carbocycles. The normalized spacial score (nSPS) is 20.1. The number of carbonyl (C=O) groups is 1. The first-order valence-corrected chi connectivity index (χ1v) is 12.7. The molecule has 2 heterocycles. The fraction of sp³-hybridized carbons (Fsp3) is 0.407. The van der Waals surface area contributed by atoms with Crippen LogP contribution in [0.25, 0.3) is 22.0 Å². The highest BCUT2D eigenvalue weighted by atomic mass is 35.5. The monoisotopic (exact) mass is 497 g/mol. The van der Waals surface area contributed by atoms with E-state index in [0.29, 0.717) is 22.3 Å². The average molecular weight is 498 g/mol. The lowest BCUT2D eigenvalue weighted by Crippen LogP contribution is -2.52. The van der Waals surface area contributed by atoms with E-state index in [1.165, 1.54) is 6.42 Å². The van der Waals surface area contributed by atoms with Crippen molar-refractivity contribution >= 4 is 45.8 Å². The molecule has 2 unspecified atom stereocenters. The molecule has 0 radical (unpaired) electrons. The number of benzene rings is 2. The molecule has 1 aromatic heterocycles. The van der Waals surface area contributed by atoms with Gasteiger partial charge in [-0.15, -0.1) is 0 Å². The second kappa shape index (κ2) is 9.37. The fourth-order valence-corrected chi connectivity index (χ4v) is 5.54. The fourth-order valence-electron chi connectivity index (χ4n) is 5.13. The second-order valence-electron chi connectivity index (χ2n) is 9.73. The van der Waals surface area contributed by atoms with Gasteiger partial charge in [0.1, 0.15) is 5.82 Å². The van der Waals surface area contributed by atoms with Crippen LogP contribution in [0.15, 0.2) is 42.5 Å². The number of nitrogens with two attached hydrogens (primary N) is 1. The number of nitrogen functional groups attached to an aromatic ring is 1. The van der Waals surface area contributed by atoms with E-state index >= 15 is 0 Å². The van der Waals surface area contributed by atoms with E-state index in [2.05, 4.69) is 10.3 Å². The number of amides is 1. The summed E-state index contributed by atoms with van der Waals surface area (Å²) >= 11 is 12.6. The van der Waals surface area contributed by atoms with Gasteiger partial charge < -0.3 is 15.8 Å². The molecule has 1 aliphatic heterocycles. The summed E-state index contributed by atoms with van der Waals surface area (Å²) in [6, 6.07) is 13.7. The molecule has 3 N–H and O–H groups in total. The first-order chi connectivity index (χ1) is 16.3. The smallest absolute Gasteiger partial charge is 0.223 e. The lowest BCUT2D eigenvalue weighted by Gasteiger charge is -2.47. The van der Waals surface area contributed by atoms with Crippen LogP contribution >= 0.6 is 23.2 Å². The number of ether oxygens (including phenoxy) is 1. The van der Waals surface area contributed by atoms with E-state index in [9.17, 15) is 4.79 Å². The van der Waals surface area contributed by atoms with Crippen molar-refractivity contribution in [1.29, 1.82) is 0 Å². The number of nitrogens with zero attached hydrogens (tertiary/aromatic N) is 1.